The Morgan fingerprint density at radius 1 is 1.28 bits per heavy atom. The number of nitrogens with zero attached hydrogens (tertiary/aromatic N) is 3. The van der Waals surface area contributed by atoms with Gasteiger partial charge in [0.15, 0.2) is 11.5 Å². The lowest BCUT2D eigenvalue weighted by molar-refractivity contribution is -0.139. The zero-order chi connectivity index (χ0) is 20.7. The van der Waals surface area contributed by atoms with E-state index < -0.39 is 11.9 Å². The molecule has 1 aromatic carbocycles. The molecule has 2 aromatic rings. The van der Waals surface area contributed by atoms with Crippen LogP contribution in [0.1, 0.15) is 30.9 Å². The van der Waals surface area contributed by atoms with E-state index in [-0.39, 0.29) is 18.6 Å². The van der Waals surface area contributed by atoms with Gasteiger partial charge in [-0.15, -0.1) is 0 Å². The van der Waals surface area contributed by atoms with E-state index in [1.54, 1.807) is 24.8 Å². The minimum atomic E-state index is -0.573. The smallest absolute Gasteiger partial charge is 0.338 e. The molecule has 0 fully saturated rings. The van der Waals surface area contributed by atoms with Crippen molar-refractivity contribution in [2.75, 3.05) is 32.4 Å². The Bertz CT molecular complexity index is 1020. The first kappa shape index (κ1) is 19.3. The summed E-state index contributed by atoms with van der Waals surface area (Å²) in [6.07, 6.45) is 0. The molecule has 4 rings (SSSR count). The molecule has 0 spiro atoms. The molecule has 0 radical (unpaired) electrons. The van der Waals surface area contributed by atoms with Crippen molar-refractivity contribution in [2.24, 2.45) is 0 Å². The highest BCUT2D eigenvalue weighted by Crippen LogP contribution is 2.47. The van der Waals surface area contributed by atoms with Crippen LogP contribution in [0.3, 0.4) is 0 Å². The van der Waals surface area contributed by atoms with Crippen LogP contribution >= 0.6 is 11.6 Å². The Hall–Kier alpha value is -3.00. The summed E-state index contributed by atoms with van der Waals surface area (Å²) in [7, 11) is 3.62. The summed E-state index contributed by atoms with van der Waals surface area (Å²) in [6.45, 7) is 3.85. The fourth-order valence-electron chi connectivity index (χ4n) is 3.38. The van der Waals surface area contributed by atoms with Gasteiger partial charge in [0.2, 0.25) is 18.6 Å². The lowest BCUT2D eigenvalue weighted by Crippen LogP contribution is -2.25. The number of allylic oxidation sites excluding steroid dienone is 1. The number of anilines is 1. The number of carbonyl (C=O) groups is 1. The van der Waals surface area contributed by atoms with E-state index in [2.05, 4.69) is 9.97 Å². The molecule has 29 heavy (non-hydrogen) atoms. The quantitative estimate of drug-likeness (QED) is 0.553. The first-order chi connectivity index (χ1) is 13.9. The number of aromatic nitrogens is 2. The van der Waals surface area contributed by atoms with E-state index >= 15 is 0 Å². The van der Waals surface area contributed by atoms with E-state index in [9.17, 15) is 4.79 Å². The summed E-state index contributed by atoms with van der Waals surface area (Å²) in [6, 6.07) is 5.48. The fraction of sp³-hybridized carbons (Fsp3) is 0.350. The summed E-state index contributed by atoms with van der Waals surface area (Å²) in [5.41, 5.74) is 1.62. The molecule has 2 aliphatic rings. The number of esters is 1. The number of hydrogen-bond acceptors (Lipinski definition) is 8. The zero-order valence-electron chi connectivity index (χ0n) is 16.5. The van der Waals surface area contributed by atoms with Gasteiger partial charge in [0.1, 0.15) is 10.9 Å². The predicted octanol–water partition coefficient (Wildman–Crippen LogP) is 3.29. The van der Waals surface area contributed by atoms with Crippen molar-refractivity contribution in [1.29, 1.82) is 0 Å². The van der Waals surface area contributed by atoms with Gasteiger partial charge in [-0.25, -0.2) is 9.78 Å². The summed E-state index contributed by atoms with van der Waals surface area (Å²) in [5.74, 6) is 1.30. The van der Waals surface area contributed by atoms with Gasteiger partial charge in [-0.3, -0.25) is 0 Å². The summed E-state index contributed by atoms with van der Waals surface area (Å²) < 4.78 is 22.1. The van der Waals surface area contributed by atoms with Crippen LogP contribution in [-0.2, 0) is 9.53 Å². The highest BCUT2D eigenvalue weighted by atomic mass is 35.5. The normalized spacial score (nSPS) is 16.9. The van der Waals surface area contributed by atoms with Gasteiger partial charge in [-0.05, 0) is 31.5 Å². The van der Waals surface area contributed by atoms with Gasteiger partial charge in [-0.2, -0.15) is 4.98 Å². The first-order valence-corrected chi connectivity index (χ1v) is 9.48. The number of hydrogen-bond donors (Lipinski definition) is 0. The second-order valence-corrected chi connectivity index (χ2v) is 7.12. The van der Waals surface area contributed by atoms with Gasteiger partial charge in [0, 0.05) is 14.1 Å². The van der Waals surface area contributed by atoms with Gasteiger partial charge in [-0.1, -0.05) is 17.7 Å². The SMILES string of the molecule is CCOC(=O)C1=C(C)Oc2nc(N(C)C)nc(Cl)c2[C@@H]1c1ccc2c(c1)OCO2. The number of halogens is 1. The molecule has 0 aliphatic carbocycles. The topological polar surface area (TPSA) is 83.0 Å². The molecule has 3 heterocycles. The average molecular weight is 418 g/mol. The number of carbonyl (C=O) groups excluding carboxylic acids is 1. The van der Waals surface area contributed by atoms with E-state index in [1.165, 1.54) is 0 Å². The number of fused-ring (bicyclic) bond motifs is 2. The number of ether oxygens (including phenoxy) is 4. The highest BCUT2D eigenvalue weighted by molar-refractivity contribution is 6.30. The molecule has 0 saturated heterocycles. The standard InChI is InChI=1S/C20H20ClN3O5/c1-5-26-19(25)14-10(2)29-18-16(17(21)22-20(23-18)24(3)4)15(14)11-6-7-12-13(8-11)28-9-27-12/h6-8,15H,5,9H2,1-4H3/t15-/m1/s1. The number of benzene rings is 1. The van der Waals surface area contributed by atoms with Gasteiger partial charge in [0.25, 0.3) is 0 Å². The summed E-state index contributed by atoms with van der Waals surface area (Å²) >= 11 is 6.56. The lowest BCUT2D eigenvalue weighted by atomic mass is 9.83. The van der Waals surface area contributed by atoms with Crippen molar-refractivity contribution in [3.8, 4) is 17.4 Å². The predicted molar refractivity (Wildman–Crippen MR) is 106 cm³/mol. The van der Waals surface area contributed by atoms with E-state index in [1.807, 2.05) is 26.2 Å². The maximum atomic E-state index is 12.8. The zero-order valence-corrected chi connectivity index (χ0v) is 17.2. The third kappa shape index (κ3) is 3.33. The third-order valence-corrected chi connectivity index (χ3v) is 4.97. The number of rotatable bonds is 4. The van der Waals surface area contributed by atoms with Crippen LogP contribution in [0, 0.1) is 0 Å². The molecule has 152 valence electrons. The molecule has 8 nitrogen and oxygen atoms in total. The molecule has 1 atom stereocenters. The van der Waals surface area contributed by atoms with Crippen LogP contribution in [0.5, 0.6) is 17.4 Å². The molecule has 0 saturated carbocycles. The first-order valence-electron chi connectivity index (χ1n) is 9.10. The second-order valence-electron chi connectivity index (χ2n) is 6.77. The van der Waals surface area contributed by atoms with Crippen molar-refractivity contribution in [3.63, 3.8) is 0 Å². The Morgan fingerprint density at radius 2 is 2.03 bits per heavy atom. The van der Waals surface area contributed by atoms with Crippen molar-refractivity contribution >= 4 is 23.5 Å². The Balaban J connectivity index is 1.92. The van der Waals surface area contributed by atoms with Crippen molar-refractivity contribution in [3.05, 3.63) is 45.8 Å². The van der Waals surface area contributed by atoms with Crippen LogP contribution in [0.25, 0.3) is 0 Å². The monoisotopic (exact) mass is 417 g/mol. The van der Waals surface area contributed by atoms with E-state index in [4.69, 9.17) is 30.5 Å². The molecular formula is C20H20ClN3O5. The van der Waals surface area contributed by atoms with Crippen LogP contribution < -0.4 is 19.1 Å². The molecule has 0 amide bonds. The average Bonchev–Trinajstić information content (AvgIpc) is 3.14. The summed E-state index contributed by atoms with van der Waals surface area (Å²) in [4.78, 5) is 23.4. The van der Waals surface area contributed by atoms with Gasteiger partial charge in [0.05, 0.1) is 23.7 Å². The molecule has 2 aliphatic heterocycles. The van der Waals surface area contributed by atoms with E-state index in [0.717, 1.165) is 5.56 Å². The maximum Gasteiger partial charge on any atom is 0.338 e. The molecule has 1 aromatic heterocycles. The maximum absolute atomic E-state index is 12.8. The van der Waals surface area contributed by atoms with Crippen LogP contribution in [0.2, 0.25) is 5.15 Å². The lowest BCUT2D eigenvalue weighted by Gasteiger charge is -2.29. The fourth-order valence-corrected chi connectivity index (χ4v) is 3.64. The second kappa shape index (κ2) is 7.44. The molecule has 9 heteroatoms. The largest absolute Gasteiger partial charge is 0.463 e. The summed E-state index contributed by atoms with van der Waals surface area (Å²) in [5, 5.41) is 0.204. The van der Waals surface area contributed by atoms with Gasteiger partial charge < -0.3 is 23.8 Å². The third-order valence-electron chi connectivity index (χ3n) is 4.68. The van der Waals surface area contributed by atoms with Crippen molar-refractivity contribution in [2.45, 2.75) is 19.8 Å². The Kier molecular flexibility index (Phi) is 4.96. The van der Waals surface area contributed by atoms with Crippen molar-refractivity contribution in [1.82, 2.24) is 9.97 Å². The van der Waals surface area contributed by atoms with E-state index in [0.29, 0.717) is 40.2 Å². The highest BCUT2D eigenvalue weighted by Gasteiger charge is 2.38. The van der Waals surface area contributed by atoms with Crippen LogP contribution in [0.4, 0.5) is 5.95 Å². The molecule has 0 unspecified atom stereocenters. The van der Waals surface area contributed by atoms with Crippen LogP contribution in [0.15, 0.2) is 29.5 Å². The van der Waals surface area contributed by atoms with Gasteiger partial charge >= 0.3 is 5.97 Å². The minimum absolute atomic E-state index is 0.152. The molecule has 0 bridgehead atoms. The van der Waals surface area contributed by atoms with Crippen molar-refractivity contribution < 1.29 is 23.7 Å². The Morgan fingerprint density at radius 3 is 2.76 bits per heavy atom. The minimum Gasteiger partial charge on any atom is -0.463 e. The van der Waals surface area contributed by atoms with Crippen LogP contribution in [-0.4, -0.2) is 43.4 Å². The Labute approximate surface area is 173 Å². The molecular weight excluding hydrogens is 398 g/mol. The molecule has 0 N–H and O–H groups in total.